The Labute approximate surface area is 233 Å². The number of piperidine rings is 1. The number of alkyl carbamates (subject to hydrolysis) is 1. The number of amides is 2. The third kappa shape index (κ3) is 8.40. The van der Waals surface area contributed by atoms with Crippen LogP contribution in [0.3, 0.4) is 0 Å². The normalized spacial score (nSPS) is 20.4. The van der Waals surface area contributed by atoms with Gasteiger partial charge in [-0.3, -0.25) is 9.69 Å². The molecule has 2 atom stereocenters. The minimum Gasteiger partial charge on any atom is -0.497 e. The Balaban J connectivity index is 1.62. The number of methoxy groups -OCH3 is 1. The average molecular weight is 562 g/mol. The number of alkyl halides is 2. The molecule has 0 bridgehead atoms. The second-order valence-electron chi connectivity index (χ2n) is 10.8. The van der Waals surface area contributed by atoms with Crippen molar-refractivity contribution in [1.82, 2.24) is 15.1 Å². The highest BCUT2D eigenvalue weighted by Crippen LogP contribution is 2.33. The summed E-state index contributed by atoms with van der Waals surface area (Å²) in [5, 5.41) is 31.8. The van der Waals surface area contributed by atoms with E-state index in [2.05, 4.69) is 5.32 Å². The number of benzene rings is 1. The molecule has 2 fully saturated rings. The van der Waals surface area contributed by atoms with E-state index in [1.807, 2.05) is 6.07 Å². The number of nitrogens with one attached hydrogen (secondary N) is 1. The van der Waals surface area contributed by atoms with E-state index in [4.69, 9.17) is 9.47 Å². The van der Waals surface area contributed by atoms with E-state index in [-0.39, 0.29) is 31.6 Å². The van der Waals surface area contributed by atoms with Gasteiger partial charge in [-0.1, -0.05) is 12.1 Å². The second kappa shape index (κ2) is 13.4. The van der Waals surface area contributed by atoms with Crippen LogP contribution in [0, 0.1) is 11.3 Å². The van der Waals surface area contributed by atoms with Gasteiger partial charge in [-0.15, -0.1) is 0 Å². The first-order chi connectivity index (χ1) is 18.8. The molecule has 40 heavy (non-hydrogen) atoms. The largest absolute Gasteiger partial charge is 0.497 e. The average Bonchev–Trinajstić information content (AvgIpc) is 3.30. The van der Waals surface area contributed by atoms with Crippen molar-refractivity contribution in [2.45, 2.75) is 69.4 Å². The van der Waals surface area contributed by atoms with Crippen LogP contribution >= 0.6 is 0 Å². The number of ether oxygens (including phenoxy) is 2. The zero-order valence-electron chi connectivity index (χ0n) is 23.1. The van der Waals surface area contributed by atoms with Crippen LogP contribution in [0.2, 0.25) is 0 Å². The molecule has 0 radical (unpaired) electrons. The zero-order chi connectivity index (χ0) is 29.5. The molecule has 13 heteroatoms. The van der Waals surface area contributed by atoms with Crippen LogP contribution in [0.25, 0.3) is 0 Å². The molecule has 2 amide bonds. The fraction of sp³-hybridized carbons (Fsp3) is 0.593. The van der Waals surface area contributed by atoms with E-state index >= 15 is 0 Å². The molecule has 1 unspecified atom stereocenters. The third-order valence-electron chi connectivity index (χ3n) is 7.41. The van der Waals surface area contributed by atoms with E-state index in [1.54, 1.807) is 43.0 Å². The number of carbonyl (C=O) groups excluding carboxylic acids is 2. The van der Waals surface area contributed by atoms with Crippen LogP contribution in [0.15, 0.2) is 35.9 Å². The lowest BCUT2D eigenvalue weighted by Gasteiger charge is -2.36. The summed E-state index contributed by atoms with van der Waals surface area (Å²) in [6, 6.07) is 8.34. The number of hydrogen-bond acceptors (Lipinski definition) is 8. The summed E-state index contributed by atoms with van der Waals surface area (Å²) < 4.78 is 38.0. The quantitative estimate of drug-likeness (QED) is 0.225. The standard InChI is InChI=1S/C27H37BF2N4O6/c1-26(2,33-13-11-27(29,30)18-33)15-20(16-31)24(35)34-12-5-4-6-21(34)17-40-25(36)32-23(28(37)38)14-19-7-9-22(39-3)10-8-19/h7-10,15,21,23,37-38H,4-6,11-14,17-18H2,1-3H3,(H,32,36)/t21?,23-/m0/s1. The Morgan fingerprint density at radius 2 is 1.98 bits per heavy atom. The first kappa shape index (κ1) is 31.3. The van der Waals surface area contributed by atoms with Crippen LogP contribution in [0.1, 0.15) is 45.1 Å². The van der Waals surface area contributed by atoms with Gasteiger partial charge in [0, 0.05) is 25.0 Å². The topological polar surface area (TPSA) is 135 Å². The third-order valence-corrected chi connectivity index (χ3v) is 7.41. The van der Waals surface area contributed by atoms with Gasteiger partial charge in [-0.05, 0) is 63.3 Å². The Hall–Kier alpha value is -3.21. The molecule has 3 N–H and O–H groups in total. The Bertz CT molecular complexity index is 1110. The lowest BCUT2D eigenvalue weighted by molar-refractivity contribution is -0.131. The van der Waals surface area contributed by atoms with E-state index in [0.29, 0.717) is 25.1 Å². The van der Waals surface area contributed by atoms with Crippen molar-refractivity contribution in [2.24, 2.45) is 0 Å². The SMILES string of the molecule is COc1ccc(C[C@H](NC(=O)OCC2CCCCN2C(=O)C(C#N)=CC(C)(C)N2CCC(F)(F)C2)B(O)O)cc1. The number of hydrogen-bond donors (Lipinski definition) is 3. The number of halogens is 2. The number of nitriles is 1. The molecular formula is C27H37BF2N4O6. The fourth-order valence-corrected chi connectivity index (χ4v) is 5.02. The van der Waals surface area contributed by atoms with Gasteiger partial charge in [0.2, 0.25) is 0 Å². The highest BCUT2D eigenvalue weighted by molar-refractivity contribution is 6.43. The molecule has 2 saturated heterocycles. The molecule has 2 heterocycles. The van der Waals surface area contributed by atoms with Crippen LogP contribution < -0.4 is 10.1 Å². The number of carbonyl (C=O) groups is 2. The summed E-state index contributed by atoms with van der Waals surface area (Å²) >= 11 is 0. The van der Waals surface area contributed by atoms with Crippen molar-refractivity contribution < 1.29 is 37.9 Å². The lowest BCUT2D eigenvalue weighted by atomic mass is 9.76. The molecule has 0 saturated carbocycles. The van der Waals surface area contributed by atoms with Crippen molar-refractivity contribution in [1.29, 1.82) is 5.26 Å². The van der Waals surface area contributed by atoms with Crippen molar-refractivity contribution in [3.8, 4) is 11.8 Å². The van der Waals surface area contributed by atoms with Crippen LogP contribution in [0.5, 0.6) is 5.75 Å². The van der Waals surface area contributed by atoms with E-state index in [9.17, 15) is 33.7 Å². The van der Waals surface area contributed by atoms with Gasteiger partial charge in [0.15, 0.2) is 0 Å². The van der Waals surface area contributed by atoms with E-state index < -0.39 is 49.1 Å². The van der Waals surface area contributed by atoms with Gasteiger partial charge in [-0.25, -0.2) is 13.6 Å². The van der Waals surface area contributed by atoms with Crippen LogP contribution in [-0.2, 0) is 16.0 Å². The molecule has 3 rings (SSSR count). The second-order valence-corrected chi connectivity index (χ2v) is 10.8. The van der Waals surface area contributed by atoms with Gasteiger partial charge in [-0.2, -0.15) is 5.26 Å². The van der Waals surface area contributed by atoms with Gasteiger partial charge in [0.1, 0.15) is 24.0 Å². The zero-order valence-corrected chi connectivity index (χ0v) is 23.1. The summed E-state index contributed by atoms with van der Waals surface area (Å²) in [5.41, 5.74) is -0.356. The minimum atomic E-state index is -2.81. The first-order valence-corrected chi connectivity index (χ1v) is 13.3. The van der Waals surface area contributed by atoms with Crippen molar-refractivity contribution in [2.75, 3.05) is 33.4 Å². The number of nitrogens with zero attached hydrogens (tertiary/aromatic N) is 3. The van der Waals surface area contributed by atoms with Crippen molar-refractivity contribution in [3.63, 3.8) is 0 Å². The minimum absolute atomic E-state index is 0.125. The van der Waals surface area contributed by atoms with Gasteiger partial charge >= 0.3 is 13.2 Å². The fourth-order valence-electron chi connectivity index (χ4n) is 5.02. The first-order valence-electron chi connectivity index (χ1n) is 13.3. The summed E-state index contributed by atoms with van der Waals surface area (Å²) in [5.74, 6) is -3.76. The van der Waals surface area contributed by atoms with Gasteiger partial charge in [0.25, 0.3) is 11.8 Å². The molecule has 0 aliphatic carbocycles. The Morgan fingerprint density at radius 3 is 2.55 bits per heavy atom. The highest BCUT2D eigenvalue weighted by Gasteiger charge is 2.43. The van der Waals surface area contributed by atoms with E-state index in [0.717, 1.165) is 12.0 Å². The van der Waals surface area contributed by atoms with E-state index in [1.165, 1.54) is 18.1 Å². The summed E-state index contributed by atoms with van der Waals surface area (Å²) in [6.45, 7) is 3.29. The van der Waals surface area contributed by atoms with Crippen molar-refractivity contribution in [3.05, 3.63) is 41.5 Å². The molecule has 2 aliphatic heterocycles. The maximum absolute atomic E-state index is 13.8. The molecule has 2 aliphatic rings. The molecular weight excluding hydrogens is 525 g/mol. The van der Waals surface area contributed by atoms with Crippen LogP contribution in [-0.4, -0.2) is 95.8 Å². The summed E-state index contributed by atoms with van der Waals surface area (Å²) in [7, 11) is -0.311. The smallest absolute Gasteiger partial charge is 0.475 e. The predicted octanol–water partition coefficient (Wildman–Crippen LogP) is 2.30. The molecule has 218 valence electrons. The highest BCUT2D eigenvalue weighted by atomic mass is 19.3. The Kier molecular flexibility index (Phi) is 10.5. The number of likely N-dealkylation sites (tertiary alicyclic amines) is 2. The molecule has 10 nitrogen and oxygen atoms in total. The molecule has 1 aromatic rings. The van der Waals surface area contributed by atoms with Crippen LogP contribution in [0.4, 0.5) is 13.6 Å². The Morgan fingerprint density at radius 1 is 1.27 bits per heavy atom. The maximum Gasteiger partial charge on any atom is 0.475 e. The molecule has 1 aromatic carbocycles. The monoisotopic (exact) mass is 562 g/mol. The van der Waals surface area contributed by atoms with Gasteiger partial charge in [0.05, 0.1) is 25.6 Å². The predicted molar refractivity (Wildman–Crippen MR) is 143 cm³/mol. The lowest BCUT2D eigenvalue weighted by Crippen LogP contribution is -2.50. The van der Waals surface area contributed by atoms with Crippen molar-refractivity contribution >= 4 is 19.1 Å². The summed E-state index contributed by atoms with van der Waals surface area (Å²) in [4.78, 5) is 28.9. The van der Waals surface area contributed by atoms with Gasteiger partial charge < -0.3 is 29.7 Å². The molecule has 0 aromatic heterocycles. The maximum atomic E-state index is 13.8. The molecule has 0 spiro atoms. The number of rotatable bonds is 10. The summed E-state index contributed by atoms with van der Waals surface area (Å²) in [6.07, 6.45) is 2.43.